The molecule has 1 rings (SSSR count). The molecule has 96 valence electrons. The summed E-state index contributed by atoms with van der Waals surface area (Å²) in [6.45, 7) is -0.631. The third kappa shape index (κ3) is 3.06. The highest BCUT2D eigenvalue weighted by Gasteiger charge is 2.25. The van der Waals surface area contributed by atoms with Gasteiger partial charge < -0.3 is 4.74 Å². The molecule has 0 aromatic heterocycles. The maximum atomic E-state index is 13.5. The van der Waals surface area contributed by atoms with Gasteiger partial charge in [0, 0.05) is 16.7 Å². The third-order valence-corrected chi connectivity index (χ3v) is 3.08. The highest BCUT2D eigenvalue weighted by Crippen LogP contribution is 2.33. The third-order valence-electron chi connectivity index (χ3n) is 1.75. The van der Waals surface area contributed by atoms with Crippen molar-refractivity contribution in [1.82, 2.24) is 0 Å². The predicted molar refractivity (Wildman–Crippen MR) is 57.2 cm³/mol. The number of rotatable bonds is 4. The van der Waals surface area contributed by atoms with Crippen LogP contribution in [0.15, 0.2) is 17.0 Å². The van der Waals surface area contributed by atoms with E-state index < -0.39 is 42.7 Å². The Kier molecular flexibility index (Phi) is 4.05. The van der Waals surface area contributed by atoms with Crippen LogP contribution in [-0.2, 0) is 9.05 Å². The van der Waals surface area contributed by atoms with Gasteiger partial charge in [-0.1, -0.05) is 0 Å². The number of ether oxygens (including phenoxy) is 1. The Labute approximate surface area is 105 Å². The van der Waals surface area contributed by atoms with Crippen LogP contribution in [0.3, 0.4) is 0 Å². The maximum absolute atomic E-state index is 13.5. The molecule has 0 fully saturated rings. The molecule has 0 saturated carbocycles. The maximum Gasteiger partial charge on any atom is 0.273 e. The van der Waals surface area contributed by atoms with Gasteiger partial charge in [0.05, 0.1) is 11.0 Å². The van der Waals surface area contributed by atoms with Crippen LogP contribution < -0.4 is 4.74 Å². The molecule has 0 aliphatic carbocycles. The molecule has 0 amide bonds. The van der Waals surface area contributed by atoms with E-state index in [1.165, 1.54) is 6.07 Å². The van der Waals surface area contributed by atoms with Gasteiger partial charge in [-0.05, 0) is 0 Å². The van der Waals surface area contributed by atoms with Crippen molar-refractivity contribution in [2.45, 2.75) is 4.90 Å². The fraction of sp³-hybridized carbons (Fsp3) is 0.125. The van der Waals surface area contributed by atoms with Crippen molar-refractivity contribution in [1.29, 1.82) is 5.26 Å². The molecule has 1 aromatic rings. The minimum Gasteiger partial charge on any atom is -0.474 e. The van der Waals surface area contributed by atoms with Crippen LogP contribution in [-0.4, -0.2) is 19.9 Å². The van der Waals surface area contributed by atoms with E-state index in [4.69, 9.17) is 15.9 Å². The van der Waals surface area contributed by atoms with Gasteiger partial charge in [0.15, 0.2) is 18.2 Å². The second kappa shape index (κ2) is 5.16. The van der Waals surface area contributed by atoms with Crippen molar-refractivity contribution in [3.63, 3.8) is 0 Å². The lowest BCUT2D eigenvalue weighted by Crippen LogP contribution is -2.04. The zero-order valence-electron chi connectivity index (χ0n) is 8.46. The van der Waals surface area contributed by atoms with E-state index in [2.05, 4.69) is 4.74 Å². The van der Waals surface area contributed by atoms with Gasteiger partial charge in [-0.25, -0.2) is 12.8 Å². The summed E-state index contributed by atoms with van der Waals surface area (Å²) in [7, 11) is 0.562. The highest BCUT2D eigenvalue weighted by molar-refractivity contribution is 8.13. The molecule has 0 N–H and O–H groups in total. The molecular formula is C8H4ClFN2O5S. The molecule has 0 saturated heterocycles. The highest BCUT2D eigenvalue weighted by atomic mass is 35.7. The van der Waals surface area contributed by atoms with E-state index in [0.717, 1.165) is 0 Å². The zero-order valence-corrected chi connectivity index (χ0v) is 10.0. The first kappa shape index (κ1) is 14.1. The molecule has 10 heteroatoms. The largest absolute Gasteiger partial charge is 0.474 e. The first-order valence-electron chi connectivity index (χ1n) is 4.19. The van der Waals surface area contributed by atoms with Crippen LogP contribution in [0.2, 0.25) is 0 Å². The molecule has 0 radical (unpaired) electrons. The van der Waals surface area contributed by atoms with Gasteiger partial charge in [-0.3, -0.25) is 10.1 Å². The van der Waals surface area contributed by atoms with E-state index in [-0.39, 0.29) is 0 Å². The molecule has 18 heavy (non-hydrogen) atoms. The van der Waals surface area contributed by atoms with E-state index in [9.17, 15) is 22.9 Å². The number of nitrogens with zero attached hydrogens (tertiary/aromatic N) is 2. The van der Waals surface area contributed by atoms with Crippen molar-refractivity contribution in [3.8, 4) is 11.8 Å². The molecular weight excluding hydrogens is 291 g/mol. The van der Waals surface area contributed by atoms with E-state index >= 15 is 0 Å². The van der Waals surface area contributed by atoms with Crippen LogP contribution in [0.4, 0.5) is 10.1 Å². The molecule has 7 nitrogen and oxygen atoms in total. The van der Waals surface area contributed by atoms with Crippen LogP contribution in [0.5, 0.6) is 5.75 Å². The number of hydrogen-bond acceptors (Lipinski definition) is 6. The Morgan fingerprint density at radius 2 is 2.17 bits per heavy atom. The van der Waals surface area contributed by atoms with Crippen molar-refractivity contribution < 1.29 is 22.5 Å². The number of nitriles is 1. The van der Waals surface area contributed by atoms with Crippen molar-refractivity contribution in [3.05, 3.63) is 28.1 Å². The van der Waals surface area contributed by atoms with Crippen molar-refractivity contribution >= 4 is 25.4 Å². The predicted octanol–water partition coefficient (Wildman–Crippen LogP) is 1.56. The monoisotopic (exact) mass is 294 g/mol. The minimum absolute atomic E-state index is 0.471. The molecule has 0 aliphatic heterocycles. The van der Waals surface area contributed by atoms with Gasteiger partial charge in [0.25, 0.3) is 14.7 Å². The second-order valence-electron chi connectivity index (χ2n) is 2.90. The normalized spacial score (nSPS) is 10.7. The van der Waals surface area contributed by atoms with Gasteiger partial charge in [0.2, 0.25) is 0 Å². The standard InChI is InChI=1S/C8H4ClFN2O5S/c9-18(15,16)7-4-5(12(13)14)3-6(10)8(7)17-2-1-11/h3-4H,2H2. The number of nitro benzene ring substituents is 1. The number of non-ortho nitro benzene ring substituents is 1. The minimum atomic E-state index is -4.45. The summed E-state index contributed by atoms with van der Waals surface area (Å²) < 4.78 is 40.3. The Bertz CT molecular complexity index is 640. The summed E-state index contributed by atoms with van der Waals surface area (Å²) >= 11 is 0. The van der Waals surface area contributed by atoms with Crippen LogP contribution >= 0.6 is 10.7 Å². The molecule has 0 bridgehead atoms. The molecule has 0 heterocycles. The smallest absolute Gasteiger partial charge is 0.273 e. The summed E-state index contributed by atoms with van der Waals surface area (Å²) in [4.78, 5) is 8.58. The number of halogens is 2. The zero-order chi connectivity index (χ0) is 13.9. The number of benzene rings is 1. The summed E-state index contributed by atoms with van der Waals surface area (Å²) in [6, 6.07) is 2.52. The Morgan fingerprint density at radius 1 is 1.56 bits per heavy atom. The van der Waals surface area contributed by atoms with Crippen molar-refractivity contribution in [2.24, 2.45) is 0 Å². The molecule has 0 atom stereocenters. The first-order valence-corrected chi connectivity index (χ1v) is 6.50. The molecule has 1 aromatic carbocycles. The quantitative estimate of drug-likeness (QED) is 0.473. The van der Waals surface area contributed by atoms with Crippen molar-refractivity contribution in [2.75, 3.05) is 6.61 Å². The summed E-state index contributed by atoms with van der Waals surface area (Å²) in [6.07, 6.45) is 0. The lowest BCUT2D eigenvalue weighted by atomic mass is 10.3. The molecule has 0 aliphatic rings. The summed E-state index contributed by atoms with van der Waals surface area (Å²) in [5.41, 5.74) is -0.795. The van der Waals surface area contributed by atoms with Crippen LogP contribution in [0, 0.1) is 27.3 Å². The molecule has 0 spiro atoms. The Morgan fingerprint density at radius 3 is 2.61 bits per heavy atom. The number of nitro groups is 1. The van der Waals surface area contributed by atoms with Crippen LogP contribution in [0.25, 0.3) is 0 Å². The lowest BCUT2D eigenvalue weighted by molar-refractivity contribution is -0.385. The second-order valence-corrected chi connectivity index (χ2v) is 5.43. The molecule has 0 unspecified atom stereocenters. The van der Waals surface area contributed by atoms with Gasteiger partial charge in [-0.2, -0.15) is 5.26 Å². The summed E-state index contributed by atoms with van der Waals surface area (Å²) in [5, 5.41) is 18.7. The topological polar surface area (TPSA) is 110 Å². The van der Waals surface area contributed by atoms with E-state index in [1.54, 1.807) is 0 Å². The SMILES string of the molecule is N#CCOc1c(F)cc([N+](=O)[O-])cc1S(=O)(=O)Cl. The Balaban J connectivity index is 3.51. The van der Waals surface area contributed by atoms with Gasteiger partial charge in [0.1, 0.15) is 11.0 Å². The van der Waals surface area contributed by atoms with E-state index in [1.807, 2.05) is 0 Å². The van der Waals surface area contributed by atoms with Gasteiger partial charge in [-0.15, -0.1) is 0 Å². The first-order chi connectivity index (χ1) is 8.27. The lowest BCUT2D eigenvalue weighted by Gasteiger charge is -2.07. The van der Waals surface area contributed by atoms with Crippen LogP contribution in [0.1, 0.15) is 0 Å². The van der Waals surface area contributed by atoms with Gasteiger partial charge >= 0.3 is 0 Å². The average molecular weight is 295 g/mol. The Hall–Kier alpha value is -1.92. The van der Waals surface area contributed by atoms with E-state index in [0.29, 0.717) is 12.1 Å². The summed E-state index contributed by atoms with van der Waals surface area (Å²) in [5.74, 6) is -2.11. The number of hydrogen-bond donors (Lipinski definition) is 0. The fourth-order valence-electron chi connectivity index (χ4n) is 1.09. The fourth-order valence-corrected chi connectivity index (χ4v) is 2.07. The average Bonchev–Trinajstić information content (AvgIpc) is 2.25.